The highest BCUT2D eigenvalue weighted by atomic mass is 35.5. The maximum absolute atomic E-state index is 13.4. The quantitative estimate of drug-likeness (QED) is 0.343. The van der Waals surface area contributed by atoms with Crippen molar-refractivity contribution in [1.82, 2.24) is 9.88 Å². The summed E-state index contributed by atoms with van der Waals surface area (Å²) in [4.78, 5) is 22.2. The number of halogens is 1. The first kappa shape index (κ1) is 30.2. The molecule has 0 bridgehead atoms. The van der Waals surface area contributed by atoms with Gasteiger partial charge in [0.1, 0.15) is 5.52 Å². The molecule has 1 aromatic heterocycles. The van der Waals surface area contributed by atoms with E-state index in [1.807, 2.05) is 0 Å². The Hall–Kier alpha value is -2.05. The summed E-state index contributed by atoms with van der Waals surface area (Å²) in [6, 6.07) is 11.4. The van der Waals surface area contributed by atoms with Crippen LogP contribution in [-0.4, -0.2) is 70.8 Å². The molecular formula is C24H32ClN3O5S3. The molecule has 0 aliphatic heterocycles. The molecular weight excluding hydrogens is 542 g/mol. The highest BCUT2D eigenvalue weighted by molar-refractivity contribution is 7.91. The average molecular weight is 574 g/mol. The molecule has 198 valence electrons. The molecule has 3 aromatic rings. The number of likely N-dealkylation sites (N-methyl/N-ethyl adjacent to an activating group) is 1. The number of rotatable bonds is 11. The van der Waals surface area contributed by atoms with E-state index in [9.17, 15) is 21.6 Å². The normalized spacial score (nSPS) is 12.0. The minimum atomic E-state index is -3.48. The van der Waals surface area contributed by atoms with Crippen molar-refractivity contribution >= 4 is 64.7 Å². The smallest absolute Gasteiger partial charge is 0.233 e. The first-order chi connectivity index (χ1) is 16.5. The number of aromatic nitrogens is 1. The lowest BCUT2D eigenvalue weighted by Gasteiger charge is -2.24. The summed E-state index contributed by atoms with van der Waals surface area (Å²) in [6.45, 7) is 8.41. The first-order valence-electron chi connectivity index (χ1n) is 11.4. The molecule has 8 nitrogen and oxygen atoms in total. The fraction of sp³-hybridized carbons (Fsp3) is 0.417. The lowest BCUT2D eigenvalue weighted by molar-refractivity contribution is -0.118. The van der Waals surface area contributed by atoms with Gasteiger partial charge in [-0.1, -0.05) is 50.3 Å². The molecule has 0 N–H and O–H groups in total. The molecule has 0 aliphatic carbocycles. The largest absolute Gasteiger partial charge is 0.302 e. The van der Waals surface area contributed by atoms with Gasteiger partial charge in [0.05, 0.1) is 26.7 Å². The number of hydrogen-bond acceptors (Lipinski definition) is 8. The highest BCUT2D eigenvalue weighted by Gasteiger charge is 2.23. The fourth-order valence-electron chi connectivity index (χ4n) is 3.69. The standard InChI is InChI=1S/C24H31N3O5S3.ClH/c1-5-26(6-2)15-16-27(22(28)17-18-11-13-19(14-12-18)35(31,32)7-3)24-25-23-20(33-24)9-8-10-21(23)34(4,29)30;/h8-14H,5-7,15-17H2,1-4H3;1H. The van der Waals surface area contributed by atoms with Crippen molar-refractivity contribution in [3.8, 4) is 0 Å². The van der Waals surface area contributed by atoms with E-state index in [1.54, 1.807) is 36.1 Å². The summed E-state index contributed by atoms with van der Waals surface area (Å²) in [7, 11) is -6.80. The van der Waals surface area contributed by atoms with Crippen LogP contribution in [0.3, 0.4) is 0 Å². The lowest BCUT2D eigenvalue weighted by Crippen LogP contribution is -2.39. The number of sulfone groups is 2. The van der Waals surface area contributed by atoms with Gasteiger partial charge in [-0.2, -0.15) is 0 Å². The molecule has 0 unspecified atom stereocenters. The van der Waals surface area contributed by atoms with Crippen LogP contribution in [0, 0.1) is 0 Å². The van der Waals surface area contributed by atoms with E-state index >= 15 is 0 Å². The number of para-hydroxylation sites is 1. The van der Waals surface area contributed by atoms with Gasteiger partial charge in [0.25, 0.3) is 0 Å². The van der Waals surface area contributed by atoms with E-state index in [0.717, 1.165) is 19.3 Å². The highest BCUT2D eigenvalue weighted by Crippen LogP contribution is 2.33. The van der Waals surface area contributed by atoms with Crippen molar-refractivity contribution in [2.45, 2.75) is 37.0 Å². The second-order valence-electron chi connectivity index (χ2n) is 8.17. The number of hydrogen-bond donors (Lipinski definition) is 0. The molecule has 36 heavy (non-hydrogen) atoms. The number of benzene rings is 2. The van der Waals surface area contributed by atoms with Gasteiger partial charge in [0.15, 0.2) is 24.8 Å². The van der Waals surface area contributed by atoms with Crippen LogP contribution in [0.25, 0.3) is 10.2 Å². The minimum absolute atomic E-state index is 0. The molecule has 0 saturated carbocycles. The summed E-state index contributed by atoms with van der Waals surface area (Å²) in [6.07, 6.45) is 1.21. The number of fused-ring (bicyclic) bond motifs is 1. The minimum Gasteiger partial charge on any atom is -0.302 e. The van der Waals surface area contributed by atoms with Crippen molar-refractivity contribution < 1.29 is 21.6 Å². The van der Waals surface area contributed by atoms with Gasteiger partial charge in [0, 0.05) is 19.3 Å². The van der Waals surface area contributed by atoms with Gasteiger partial charge in [-0.15, -0.1) is 12.4 Å². The zero-order chi connectivity index (χ0) is 25.8. The van der Waals surface area contributed by atoms with Crippen LogP contribution in [0.15, 0.2) is 52.3 Å². The van der Waals surface area contributed by atoms with Gasteiger partial charge in [0.2, 0.25) is 5.91 Å². The molecule has 0 atom stereocenters. The van der Waals surface area contributed by atoms with E-state index < -0.39 is 19.7 Å². The monoisotopic (exact) mass is 573 g/mol. The third-order valence-electron chi connectivity index (χ3n) is 5.85. The van der Waals surface area contributed by atoms with Crippen LogP contribution in [0.2, 0.25) is 0 Å². The Morgan fingerprint density at radius 2 is 1.58 bits per heavy atom. The van der Waals surface area contributed by atoms with Crippen molar-refractivity contribution in [2.24, 2.45) is 0 Å². The summed E-state index contributed by atoms with van der Waals surface area (Å²) >= 11 is 1.28. The van der Waals surface area contributed by atoms with Crippen molar-refractivity contribution in [3.63, 3.8) is 0 Å². The molecule has 1 amide bonds. The molecule has 2 aromatic carbocycles. The van der Waals surface area contributed by atoms with Crippen molar-refractivity contribution in [1.29, 1.82) is 0 Å². The first-order valence-corrected chi connectivity index (χ1v) is 15.8. The van der Waals surface area contributed by atoms with Crippen LogP contribution in [-0.2, 0) is 30.9 Å². The SMILES string of the molecule is CCN(CC)CCN(C(=O)Cc1ccc(S(=O)(=O)CC)cc1)c1nc2c(S(C)(=O)=O)cccc2s1.Cl. The lowest BCUT2D eigenvalue weighted by atomic mass is 10.1. The zero-order valence-electron chi connectivity index (χ0n) is 20.8. The predicted molar refractivity (Wildman–Crippen MR) is 148 cm³/mol. The number of anilines is 1. The van der Waals surface area contributed by atoms with E-state index in [4.69, 9.17) is 0 Å². The number of carbonyl (C=O) groups excluding carboxylic acids is 1. The van der Waals surface area contributed by atoms with Crippen molar-refractivity contribution in [2.75, 3.05) is 43.1 Å². The number of thiazole rings is 1. The van der Waals surface area contributed by atoms with Crippen LogP contribution in [0.5, 0.6) is 0 Å². The van der Waals surface area contributed by atoms with E-state index in [1.165, 1.54) is 29.5 Å². The number of carbonyl (C=O) groups is 1. The Bertz CT molecular complexity index is 1400. The number of nitrogens with zero attached hydrogens (tertiary/aromatic N) is 3. The van der Waals surface area contributed by atoms with Gasteiger partial charge < -0.3 is 4.90 Å². The zero-order valence-corrected chi connectivity index (χ0v) is 24.1. The van der Waals surface area contributed by atoms with Gasteiger partial charge >= 0.3 is 0 Å². The van der Waals surface area contributed by atoms with Gasteiger partial charge in [-0.3, -0.25) is 9.69 Å². The molecule has 12 heteroatoms. The third-order valence-corrected chi connectivity index (χ3v) is 9.78. The maximum atomic E-state index is 13.4. The fourth-order valence-corrected chi connectivity index (χ4v) is 6.50. The second-order valence-corrected chi connectivity index (χ2v) is 13.4. The number of amides is 1. The Morgan fingerprint density at radius 1 is 0.944 bits per heavy atom. The molecule has 0 aliphatic rings. The van der Waals surface area contributed by atoms with Crippen LogP contribution < -0.4 is 4.90 Å². The van der Waals surface area contributed by atoms with Crippen molar-refractivity contribution in [3.05, 3.63) is 48.0 Å². The van der Waals surface area contributed by atoms with E-state index in [2.05, 4.69) is 23.7 Å². The molecule has 0 fully saturated rings. The summed E-state index contributed by atoms with van der Waals surface area (Å²) < 4.78 is 49.4. The molecule has 0 spiro atoms. The maximum Gasteiger partial charge on any atom is 0.233 e. The molecule has 0 radical (unpaired) electrons. The Balaban J connectivity index is 0.00000456. The van der Waals surface area contributed by atoms with Crippen LogP contribution in [0.1, 0.15) is 26.3 Å². The Labute approximate surface area is 223 Å². The Morgan fingerprint density at radius 3 is 2.14 bits per heavy atom. The molecule has 3 rings (SSSR count). The Kier molecular flexibility index (Phi) is 10.4. The second kappa shape index (κ2) is 12.5. The summed E-state index contributed by atoms with van der Waals surface area (Å²) in [5.41, 5.74) is 1.06. The van der Waals surface area contributed by atoms with Crippen LogP contribution >= 0.6 is 23.7 Å². The summed E-state index contributed by atoms with van der Waals surface area (Å²) in [5.74, 6) is -0.180. The average Bonchev–Trinajstić information content (AvgIpc) is 3.25. The summed E-state index contributed by atoms with van der Waals surface area (Å²) in [5, 5.41) is 0.443. The van der Waals surface area contributed by atoms with Crippen LogP contribution in [0.4, 0.5) is 5.13 Å². The van der Waals surface area contributed by atoms with Gasteiger partial charge in [-0.05, 0) is 42.9 Å². The molecule has 1 heterocycles. The molecule has 0 saturated heterocycles. The van der Waals surface area contributed by atoms with Gasteiger partial charge in [-0.25, -0.2) is 21.8 Å². The van der Waals surface area contributed by atoms with E-state index in [0.29, 0.717) is 34.0 Å². The van der Waals surface area contributed by atoms with E-state index in [-0.39, 0.29) is 40.3 Å². The third kappa shape index (κ3) is 7.04. The predicted octanol–water partition coefficient (Wildman–Crippen LogP) is 3.83. The topological polar surface area (TPSA) is 105 Å².